The van der Waals surface area contributed by atoms with Gasteiger partial charge in [0, 0.05) is 17.7 Å². The van der Waals surface area contributed by atoms with Gasteiger partial charge in [0.2, 0.25) is 5.43 Å². The first-order valence-corrected chi connectivity index (χ1v) is 8.90. The molecule has 0 unspecified atom stereocenters. The highest BCUT2D eigenvalue weighted by atomic mass is 16.5. The molecule has 4 atom stereocenters. The number of phenolic OH excluding ortho intramolecular Hbond substituents is 4. The number of benzene rings is 2. The summed E-state index contributed by atoms with van der Waals surface area (Å²) in [6.45, 7) is -0.387. The molecule has 2 heterocycles. The summed E-state index contributed by atoms with van der Waals surface area (Å²) in [4.78, 5) is 13.3. The Labute approximate surface area is 168 Å². The van der Waals surface area contributed by atoms with E-state index in [4.69, 9.17) is 9.15 Å². The quantitative estimate of drug-likeness (QED) is 0.288. The second-order valence-electron chi connectivity index (χ2n) is 7.02. The number of ether oxygens (including phenoxy) is 1. The van der Waals surface area contributed by atoms with Crippen molar-refractivity contribution in [3.05, 3.63) is 46.1 Å². The predicted molar refractivity (Wildman–Crippen MR) is 101 cm³/mol. The minimum Gasteiger partial charge on any atom is -0.508 e. The Hall–Kier alpha value is -3.31. The van der Waals surface area contributed by atoms with E-state index >= 15 is 0 Å². The van der Waals surface area contributed by atoms with E-state index < -0.39 is 47.1 Å². The topological polar surface area (TPSA) is 181 Å². The highest BCUT2D eigenvalue weighted by molar-refractivity contribution is 5.87. The summed E-state index contributed by atoms with van der Waals surface area (Å²) >= 11 is 0. The summed E-state index contributed by atoms with van der Waals surface area (Å²) < 4.78 is 11.1. The van der Waals surface area contributed by atoms with E-state index in [9.17, 15) is 40.5 Å². The zero-order chi connectivity index (χ0) is 21.7. The first-order valence-electron chi connectivity index (χ1n) is 8.90. The third kappa shape index (κ3) is 3.12. The Bertz CT molecular complexity index is 1180. The van der Waals surface area contributed by atoms with Gasteiger partial charge in [-0.2, -0.15) is 0 Å². The van der Waals surface area contributed by atoms with Gasteiger partial charge in [-0.1, -0.05) is 0 Å². The van der Waals surface area contributed by atoms with Crippen LogP contribution in [0.3, 0.4) is 0 Å². The van der Waals surface area contributed by atoms with Gasteiger partial charge < -0.3 is 44.9 Å². The molecule has 2 aromatic carbocycles. The Kier molecular flexibility index (Phi) is 4.79. The first kappa shape index (κ1) is 20.0. The van der Waals surface area contributed by atoms with E-state index in [0.717, 1.165) is 24.3 Å². The number of aromatic hydroxyl groups is 4. The van der Waals surface area contributed by atoms with Crippen LogP contribution < -0.4 is 5.43 Å². The second-order valence-corrected chi connectivity index (χ2v) is 7.02. The highest BCUT2D eigenvalue weighted by Crippen LogP contribution is 2.40. The molecule has 4 rings (SSSR count). The molecule has 30 heavy (non-hydrogen) atoms. The van der Waals surface area contributed by atoms with E-state index in [2.05, 4.69) is 0 Å². The summed E-state index contributed by atoms with van der Waals surface area (Å²) in [7, 11) is 0. The fraction of sp³-hybridized carbons (Fsp3) is 0.250. The van der Waals surface area contributed by atoms with E-state index in [1.807, 2.05) is 0 Å². The largest absolute Gasteiger partial charge is 0.508 e. The minimum absolute atomic E-state index is 0.110. The molecule has 0 spiro atoms. The summed E-state index contributed by atoms with van der Waals surface area (Å²) in [6, 6.07) is 5.61. The Morgan fingerprint density at radius 1 is 0.867 bits per heavy atom. The lowest BCUT2D eigenvalue weighted by Crippen LogP contribution is -2.50. The summed E-state index contributed by atoms with van der Waals surface area (Å²) in [5, 5.41) is 69.3. The van der Waals surface area contributed by atoms with Crippen LogP contribution in [0, 0.1) is 0 Å². The van der Waals surface area contributed by atoms with Crippen molar-refractivity contribution in [3.63, 3.8) is 0 Å². The molecule has 1 aliphatic rings. The average Bonchev–Trinajstić information content (AvgIpc) is 2.68. The van der Waals surface area contributed by atoms with Gasteiger partial charge in [-0.15, -0.1) is 0 Å². The van der Waals surface area contributed by atoms with Gasteiger partial charge in [-0.05, 0) is 18.2 Å². The highest BCUT2D eigenvalue weighted by Gasteiger charge is 2.41. The third-order valence-corrected chi connectivity index (χ3v) is 5.02. The van der Waals surface area contributed by atoms with Crippen LogP contribution in [0.5, 0.6) is 23.0 Å². The number of hydrogen-bond donors (Lipinski definition) is 7. The van der Waals surface area contributed by atoms with Crippen molar-refractivity contribution in [2.24, 2.45) is 0 Å². The Morgan fingerprint density at radius 2 is 1.60 bits per heavy atom. The van der Waals surface area contributed by atoms with Crippen molar-refractivity contribution in [1.82, 2.24) is 0 Å². The van der Waals surface area contributed by atoms with Gasteiger partial charge >= 0.3 is 0 Å². The lowest BCUT2D eigenvalue weighted by atomic mass is 9.91. The van der Waals surface area contributed by atoms with Crippen molar-refractivity contribution >= 4 is 11.0 Å². The molecule has 0 saturated carbocycles. The monoisotopic (exact) mass is 418 g/mol. The van der Waals surface area contributed by atoms with Crippen molar-refractivity contribution < 1.29 is 44.9 Å². The van der Waals surface area contributed by atoms with E-state index in [1.54, 1.807) is 0 Å². The number of fused-ring (bicyclic) bond motifs is 1. The van der Waals surface area contributed by atoms with Gasteiger partial charge in [-0.3, -0.25) is 4.79 Å². The molecule has 1 aliphatic heterocycles. The normalized spacial score (nSPS) is 24.2. The molecular weight excluding hydrogens is 400 g/mol. The van der Waals surface area contributed by atoms with Crippen molar-refractivity contribution in [3.8, 4) is 34.3 Å². The number of hydrogen-bond acceptors (Lipinski definition) is 10. The van der Waals surface area contributed by atoms with Gasteiger partial charge in [0.25, 0.3) is 0 Å². The van der Waals surface area contributed by atoms with E-state index in [-0.39, 0.29) is 40.2 Å². The lowest BCUT2D eigenvalue weighted by Gasteiger charge is -2.35. The van der Waals surface area contributed by atoms with Gasteiger partial charge in [0.15, 0.2) is 11.5 Å². The molecule has 0 aliphatic carbocycles. The fourth-order valence-electron chi connectivity index (χ4n) is 3.50. The maximum Gasteiger partial charge on any atom is 0.203 e. The standard InChI is InChI=1S/C20H18O10/c21-8-4-11(24)14-13(5-8)30-19(7-1-2-9(22)10(23)3-7)15(17(14)27)20-18(28)16(26)12(25)6-29-20/h1-5,12,16,18,20-26,28H,6H2/t12-,16-,18+,20-/m0/s1. The molecule has 158 valence electrons. The van der Waals surface area contributed by atoms with Gasteiger partial charge in [0.05, 0.1) is 12.2 Å². The van der Waals surface area contributed by atoms with Gasteiger partial charge in [0.1, 0.15) is 52.6 Å². The molecule has 1 saturated heterocycles. The second kappa shape index (κ2) is 7.18. The van der Waals surface area contributed by atoms with Crippen LogP contribution in [0.15, 0.2) is 39.5 Å². The lowest BCUT2D eigenvalue weighted by molar-refractivity contribution is -0.189. The Balaban J connectivity index is 2.04. The number of aliphatic hydroxyl groups excluding tert-OH is 3. The fourth-order valence-corrected chi connectivity index (χ4v) is 3.50. The predicted octanol–water partition coefficient (Wildman–Crippen LogP) is 0.436. The van der Waals surface area contributed by atoms with E-state index in [0.29, 0.717) is 0 Å². The molecule has 0 amide bonds. The maximum absolute atomic E-state index is 13.3. The summed E-state index contributed by atoms with van der Waals surface area (Å²) in [5.41, 5.74) is -1.18. The number of rotatable bonds is 2. The molecule has 0 radical (unpaired) electrons. The van der Waals surface area contributed by atoms with Crippen LogP contribution in [0.25, 0.3) is 22.3 Å². The van der Waals surface area contributed by atoms with Crippen LogP contribution in [0.4, 0.5) is 0 Å². The zero-order valence-electron chi connectivity index (χ0n) is 15.3. The zero-order valence-corrected chi connectivity index (χ0v) is 15.3. The molecule has 3 aromatic rings. The Morgan fingerprint density at radius 3 is 2.30 bits per heavy atom. The molecule has 1 aromatic heterocycles. The van der Waals surface area contributed by atoms with Crippen molar-refractivity contribution in [1.29, 1.82) is 0 Å². The third-order valence-electron chi connectivity index (χ3n) is 5.02. The summed E-state index contributed by atoms with van der Waals surface area (Å²) in [5.74, 6) is -2.08. The molecule has 0 bridgehead atoms. The van der Waals surface area contributed by atoms with Crippen LogP contribution in [0.2, 0.25) is 0 Å². The van der Waals surface area contributed by atoms with Crippen LogP contribution in [-0.2, 0) is 4.74 Å². The molecule has 1 fully saturated rings. The SMILES string of the molecule is O=c1c([C@@H]2OC[C@H](O)[C@H](O)[C@H]2O)c(-c2ccc(O)c(O)c2)oc2cc(O)cc(O)c12. The smallest absolute Gasteiger partial charge is 0.203 e. The van der Waals surface area contributed by atoms with Crippen LogP contribution in [-0.4, -0.2) is 60.7 Å². The molecule has 7 N–H and O–H groups in total. The maximum atomic E-state index is 13.3. The first-order chi connectivity index (χ1) is 14.2. The minimum atomic E-state index is -1.71. The van der Waals surface area contributed by atoms with Crippen molar-refractivity contribution in [2.75, 3.05) is 6.61 Å². The molecule has 10 nitrogen and oxygen atoms in total. The molecular formula is C20H18O10. The summed E-state index contributed by atoms with van der Waals surface area (Å²) in [6.07, 6.45) is -6.15. The number of phenols is 4. The average molecular weight is 418 g/mol. The van der Waals surface area contributed by atoms with Crippen molar-refractivity contribution in [2.45, 2.75) is 24.4 Å². The van der Waals surface area contributed by atoms with Gasteiger partial charge in [-0.25, -0.2) is 0 Å². The van der Waals surface area contributed by atoms with Crippen LogP contribution in [0.1, 0.15) is 11.7 Å². The van der Waals surface area contributed by atoms with Crippen LogP contribution >= 0.6 is 0 Å². The number of aliphatic hydroxyl groups is 3. The van der Waals surface area contributed by atoms with E-state index in [1.165, 1.54) is 6.07 Å². The molecule has 10 heteroatoms.